The predicted molar refractivity (Wildman–Crippen MR) is 88.3 cm³/mol. The van der Waals surface area contributed by atoms with Gasteiger partial charge in [-0.2, -0.15) is 0 Å². The van der Waals surface area contributed by atoms with Crippen LogP contribution in [0.15, 0.2) is 18.2 Å². The first-order chi connectivity index (χ1) is 9.06. The molecule has 0 fully saturated rings. The van der Waals surface area contributed by atoms with Gasteiger partial charge in [-0.25, -0.2) is 0 Å². The Kier molecular flexibility index (Phi) is 10.0. The molecule has 2 N–H and O–H groups in total. The number of nitrogens with one attached hydrogen (secondary N) is 2. The molecular formula is C14H21Cl3N2O. The zero-order valence-electron chi connectivity index (χ0n) is 11.7. The van der Waals surface area contributed by atoms with E-state index >= 15 is 0 Å². The molecule has 0 aliphatic heterocycles. The van der Waals surface area contributed by atoms with Crippen molar-refractivity contribution in [2.24, 2.45) is 0 Å². The van der Waals surface area contributed by atoms with Gasteiger partial charge in [-0.15, -0.1) is 12.4 Å². The zero-order chi connectivity index (χ0) is 14.3. The van der Waals surface area contributed by atoms with E-state index in [1.54, 1.807) is 12.1 Å². The van der Waals surface area contributed by atoms with Crippen LogP contribution < -0.4 is 10.6 Å². The number of hydrogen-bond acceptors (Lipinski definition) is 2. The number of halogens is 3. The molecule has 0 spiro atoms. The minimum Gasteiger partial charge on any atom is -0.354 e. The van der Waals surface area contributed by atoms with E-state index in [9.17, 15) is 4.79 Å². The van der Waals surface area contributed by atoms with E-state index in [4.69, 9.17) is 23.2 Å². The topological polar surface area (TPSA) is 41.1 Å². The van der Waals surface area contributed by atoms with E-state index in [-0.39, 0.29) is 24.2 Å². The zero-order valence-corrected chi connectivity index (χ0v) is 14.0. The Labute approximate surface area is 136 Å². The van der Waals surface area contributed by atoms with Gasteiger partial charge in [-0.1, -0.05) is 36.2 Å². The molecule has 114 valence electrons. The first-order valence-corrected chi connectivity index (χ1v) is 7.25. The summed E-state index contributed by atoms with van der Waals surface area (Å²) in [5.41, 5.74) is 0.869. The average molecular weight is 340 g/mol. The Hall–Kier alpha value is -0.480. The van der Waals surface area contributed by atoms with E-state index in [0.717, 1.165) is 25.1 Å². The van der Waals surface area contributed by atoms with Gasteiger partial charge in [-0.3, -0.25) is 4.79 Å². The fourth-order valence-corrected chi connectivity index (χ4v) is 1.97. The van der Waals surface area contributed by atoms with Crippen molar-refractivity contribution < 1.29 is 4.79 Å². The molecule has 0 saturated carbocycles. The van der Waals surface area contributed by atoms with Crippen LogP contribution in [0.4, 0.5) is 0 Å². The minimum absolute atomic E-state index is 0. The smallest absolute Gasteiger partial charge is 0.227 e. The van der Waals surface area contributed by atoms with E-state index in [1.165, 1.54) is 0 Å². The quantitative estimate of drug-likeness (QED) is 0.745. The Morgan fingerprint density at radius 1 is 1.20 bits per heavy atom. The highest BCUT2D eigenvalue weighted by Gasteiger charge is 2.15. The minimum atomic E-state index is -0.235. The second-order valence-corrected chi connectivity index (χ2v) is 5.25. The predicted octanol–water partition coefficient (Wildman–Crippen LogP) is 3.63. The first kappa shape index (κ1) is 19.5. The highest BCUT2D eigenvalue weighted by Crippen LogP contribution is 2.26. The lowest BCUT2D eigenvalue weighted by Crippen LogP contribution is -2.34. The lowest BCUT2D eigenvalue weighted by molar-refractivity contribution is -0.122. The average Bonchev–Trinajstić information content (AvgIpc) is 2.40. The molecule has 3 nitrogen and oxygen atoms in total. The standard InChI is InChI=1S/C14H20Cl2N2O.ClH/c1-3-6-17-7-8-18-14(19)10(2)11-4-5-12(15)13(16)9-11;/h4-5,9-10,17H,3,6-8H2,1-2H3,(H,18,19);1H. The van der Waals surface area contributed by atoms with Crippen molar-refractivity contribution in [1.29, 1.82) is 0 Å². The second-order valence-electron chi connectivity index (χ2n) is 4.44. The summed E-state index contributed by atoms with van der Waals surface area (Å²) in [6.45, 7) is 6.35. The molecule has 1 unspecified atom stereocenters. The molecule has 1 atom stereocenters. The van der Waals surface area contributed by atoms with Crippen LogP contribution in [-0.2, 0) is 4.79 Å². The molecule has 1 amide bonds. The van der Waals surface area contributed by atoms with E-state index in [1.807, 2.05) is 13.0 Å². The summed E-state index contributed by atoms with van der Waals surface area (Å²) in [5.74, 6) is -0.238. The first-order valence-electron chi connectivity index (χ1n) is 6.49. The lowest BCUT2D eigenvalue weighted by Gasteiger charge is -2.13. The summed E-state index contributed by atoms with van der Waals surface area (Å²) in [7, 11) is 0. The lowest BCUT2D eigenvalue weighted by atomic mass is 10.0. The molecule has 0 aliphatic rings. The molecule has 0 saturated heterocycles. The SMILES string of the molecule is CCCNCCNC(=O)C(C)c1ccc(Cl)c(Cl)c1.Cl. The van der Waals surface area contributed by atoms with Crippen molar-refractivity contribution in [3.63, 3.8) is 0 Å². The van der Waals surface area contributed by atoms with Crippen molar-refractivity contribution in [2.45, 2.75) is 26.2 Å². The van der Waals surface area contributed by atoms with Crippen LogP contribution in [0.5, 0.6) is 0 Å². The molecule has 0 aromatic heterocycles. The van der Waals surface area contributed by atoms with Gasteiger partial charge in [0.05, 0.1) is 16.0 Å². The van der Waals surface area contributed by atoms with Crippen molar-refractivity contribution in [1.82, 2.24) is 10.6 Å². The van der Waals surface area contributed by atoms with Gasteiger partial charge in [0.15, 0.2) is 0 Å². The maximum atomic E-state index is 12.0. The number of benzene rings is 1. The van der Waals surface area contributed by atoms with Gasteiger partial charge in [-0.05, 0) is 37.6 Å². The number of rotatable bonds is 7. The monoisotopic (exact) mass is 338 g/mol. The van der Waals surface area contributed by atoms with Gasteiger partial charge in [0.1, 0.15) is 0 Å². The molecular weight excluding hydrogens is 319 g/mol. The van der Waals surface area contributed by atoms with Crippen LogP contribution >= 0.6 is 35.6 Å². The highest BCUT2D eigenvalue weighted by atomic mass is 35.5. The fraction of sp³-hybridized carbons (Fsp3) is 0.500. The number of hydrogen-bond donors (Lipinski definition) is 2. The van der Waals surface area contributed by atoms with Crippen molar-refractivity contribution in [3.8, 4) is 0 Å². The summed E-state index contributed by atoms with van der Waals surface area (Å²) in [6, 6.07) is 5.28. The summed E-state index contributed by atoms with van der Waals surface area (Å²) in [5, 5.41) is 7.11. The van der Waals surface area contributed by atoms with Gasteiger partial charge in [0, 0.05) is 13.1 Å². The maximum Gasteiger partial charge on any atom is 0.227 e. The van der Waals surface area contributed by atoms with Gasteiger partial charge in [0.25, 0.3) is 0 Å². The summed E-state index contributed by atoms with van der Waals surface area (Å²) in [6.07, 6.45) is 1.09. The van der Waals surface area contributed by atoms with Gasteiger partial charge >= 0.3 is 0 Å². The van der Waals surface area contributed by atoms with Crippen molar-refractivity contribution >= 4 is 41.5 Å². The summed E-state index contributed by atoms with van der Waals surface area (Å²) < 4.78 is 0. The normalized spacial score (nSPS) is 11.6. The van der Waals surface area contributed by atoms with Gasteiger partial charge in [0.2, 0.25) is 5.91 Å². The molecule has 0 heterocycles. The Balaban J connectivity index is 0.00000361. The van der Waals surface area contributed by atoms with Crippen LogP contribution in [0.3, 0.4) is 0 Å². The van der Waals surface area contributed by atoms with Gasteiger partial charge < -0.3 is 10.6 Å². The molecule has 1 rings (SSSR count). The van der Waals surface area contributed by atoms with E-state index < -0.39 is 0 Å². The van der Waals surface area contributed by atoms with E-state index in [0.29, 0.717) is 16.6 Å². The van der Waals surface area contributed by atoms with Crippen molar-refractivity contribution in [3.05, 3.63) is 33.8 Å². The largest absolute Gasteiger partial charge is 0.354 e. The number of amides is 1. The number of carbonyl (C=O) groups excluding carboxylic acids is 1. The molecule has 1 aromatic carbocycles. The van der Waals surface area contributed by atoms with Crippen LogP contribution in [0, 0.1) is 0 Å². The van der Waals surface area contributed by atoms with Crippen LogP contribution in [0.2, 0.25) is 10.0 Å². The Morgan fingerprint density at radius 3 is 2.50 bits per heavy atom. The second kappa shape index (κ2) is 10.3. The third-order valence-electron chi connectivity index (χ3n) is 2.86. The highest BCUT2D eigenvalue weighted by molar-refractivity contribution is 6.42. The third-order valence-corrected chi connectivity index (χ3v) is 3.60. The Morgan fingerprint density at radius 2 is 1.90 bits per heavy atom. The fourth-order valence-electron chi connectivity index (χ4n) is 1.66. The third kappa shape index (κ3) is 6.31. The molecule has 0 radical (unpaired) electrons. The Bertz CT molecular complexity index is 427. The molecule has 20 heavy (non-hydrogen) atoms. The molecule has 1 aromatic rings. The number of carbonyl (C=O) groups is 1. The summed E-state index contributed by atoms with van der Waals surface area (Å²) >= 11 is 11.8. The van der Waals surface area contributed by atoms with Crippen molar-refractivity contribution in [2.75, 3.05) is 19.6 Å². The van der Waals surface area contributed by atoms with E-state index in [2.05, 4.69) is 17.6 Å². The molecule has 0 bridgehead atoms. The summed E-state index contributed by atoms with van der Waals surface area (Å²) in [4.78, 5) is 12.0. The van der Waals surface area contributed by atoms with Crippen LogP contribution in [0.25, 0.3) is 0 Å². The molecule has 6 heteroatoms. The maximum absolute atomic E-state index is 12.0. The van der Waals surface area contributed by atoms with Crippen LogP contribution in [-0.4, -0.2) is 25.5 Å². The van der Waals surface area contributed by atoms with Crippen LogP contribution in [0.1, 0.15) is 31.7 Å². The molecule has 0 aliphatic carbocycles.